The molecule has 1 amide bonds. The minimum absolute atomic E-state index is 0.194. The summed E-state index contributed by atoms with van der Waals surface area (Å²) in [5.74, 6) is 1.95. The highest BCUT2D eigenvalue weighted by Gasteiger charge is 2.21. The summed E-state index contributed by atoms with van der Waals surface area (Å²) >= 11 is 1.55. The molecule has 1 atom stereocenters. The van der Waals surface area contributed by atoms with Crippen molar-refractivity contribution >= 4 is 17.2 Å². The summed E-state index contributed by atoms with van der Waals surface area (Å²) in [5.41, 5.74) is 0.913. The number of aromatic nitrogens is 1. The van der Waals surface area contributed by atoms with Gasteiger partial charge in [-0.25, -0.2) is 4.98 Å². The second kappa shape index (κ2) is 10.3. The fraction of sp³-hybridized carbons (Fsp3) is 0.524. The molecule has 0 aliphatic heterocycles. The van der Waals surface area contributed by atoms with Gasteiger partial charge in [0.25, 0.3) is 0 Å². The van der Waals surface area contributed by atoms with Crippen molar-refractivity contribution in [3.63, 3.8) is 0 Å². The Kier molecular flexibility index (Phi) is 8.10. The minimum Gasteiger partial charge on any atom is -0.493 e. The third kappa shape index (κ3) is 6.24. The molecule has 148 valence electrons. The van der Waals surface area contributed by atoms with Crippen LogP contribution in [0.1, 0.15) is 51.2 Å². The van der Waals surface area contributed by atoms with E-state index in [0.29, 0.717) is 37.0 Å². The number of hydrogen-bond acceptors (Lipinski definition) is 5. The summed E-state index contributed by atoms with van der Waals surface area (Å²) in [4.78, 5) is 19.2. The molecule has 27 heavy (non-hydrogen) atoms. The fourth-order valence-electron chi connectivity index (χ4n) is 2.72. The Morgan fingerprint density at radius 2 is 1.93 bits per heavy atom. The molecule has 0 bridgehead atoms. The van der Waals surface area contributed by atoms with Crippen molar-refractivity contribution < 1.29 is 14.3 Å². The lowest BCUT2D eigenvalue weighted by atomic mass is 10.1. The number of amides is 1. The molecule has 1 aromatic carbocycles. The van der Waals surface area contributed by atoms with E-state index >= 15 is 0 Å². The van der Waals surface area contributed by atoms with Gasteiger partial charge >= 0.3 is 0 Å². The normalized spacial score (nSPS) is 12.1. The lowest BCUT2D eigenvalue weighted by molar-refractivity contribution is -0.134. The SMILES string of the molecule is CC[C@@H](C)N(Cc1csc(COc2ccccc2OC)n1)C(=O)CC(C)C. The van der Waals surface area contributed by atoms with Gasteiger partial charge in [0.1, 0.15) is 11.6 Å². The largest absolute Gasteiger partial charge is 0.493 e. The number of hydrogen-bond donors (Lipinski definition) is 0. The Balaban J connectivity index is 2.01. The molecule has 0 saturated carbocycles. The maximum atomic E-state index is 12.6. The monoisotopic (exact) mass is 390 g/mol. The number of carbonyl (C=O) groups excluding carboxylic acids is 1. The molecule has 6 heteroatoms. The number of thiazole rings is 1. The molecule has 0 saturated heterocycles. The summed E-state index contributed by atoms with van der Waals surface area (Å²) in [5, 5.41) is 2.90. The average Bonchev–Trinajstić information content (AvgIpc) is 3.11. The highest BCUT2D eigenvalue weighted by atomic mass is 32.1. The summed E-state index contributed by atoms with van der Waals surface area (Å²) in [6, 6.07) is 7.77. The van der Waals surface area contributed by atoms with Crippen molar-refractivity contribution in [2.24, 2.45) is 5.92 Å². The van der Waals surface area contributed by atoms with E-state index in [0.717, 1.165) is 17.1 Å². The summed E-state index contributed by atoms with van der Waals surface area (Å²) in [6.45, 7) is 9.27. The van der Waals surface area contributed by atoms with E-state index in [1.54, 1.807) is 18.4 Å². The van der Waals surface area contributed by atoms with Crippen LogP contribution in [0.15, 0.2) is 29.6 Å². The van der Waals surface area contributed by atoms with Gasteiger partial charge in [0.15, 0.2) is 11.5 Å². The Hall–Kier alpha value is -2.08. The molecule has 0 spiro atoms. The van der Waals surface area contributed by atoms with Crippen LogP contribution in [0.4, 0.5) is 0 Å². The van der Waals surface area contributed by atoms with Gasteiger partial charge in [-0.05, 0) is 31.4 Å². The van der Waals surface area contributed by atoms with E-state index < -0.39 is 0 Å². The highest BCUT2D eigenvalue weighted by molar-refractivity contribution is 7.09. The van der Waals surface area contributed by atoms with Crippen molar-refractivity contribution in [2.75, 3.05) is 7.11 Å². The quantitative estimate of drug-likeness (QED) is 0.579. The number of para-hydroxylation sites is 2. The maximum absolute atomic E-state index is 12.6. The highest BCUT2D eigenvalue weighted by Crippen LogP contribution is 2.27. The van der Waals surface area contributed by atoms with Crippen molar-refractivity contribution in [1.82, 2.24) is 9.88 Å². The van der Waals surface area contributed by atoms with Crippen LogP contribution in [-0.4, -0.2) is 28.9 Å². The van der Waals surface area contributed by atoms with Crippen LogP contribution in [0.3, 0.4) is 0 Å². The molecule has 0 aliphatic rings. The van der Waals surface area contributed by atoms with E-state index in [9.17, 15) is 4.79 Å². The zero-order valence-electron chi connectivity index (χ0n) is 16.9. The summed E-state index contributed by atoms with van der Waals surface area (Å²) in [6.07, 6.45) is 1.50. The third-order valence-electron chi connectivity index (χ3n) is 4.38. The third-order valence-corrected chi connectivity index (χ3v) is 5.25. The van der Waals surface area contributed by atoms with E-state index in [4.69, 9.17) is 9.47 Å². The van der Waals surface area contributed by atoms with Crippen LogP contribution >= 0.6 is 11.3 Å². The van der Waals surface area contributed by atoms with Crippen molar-refractivity contribution in [3.05, 3.63) is 40.3 Å². The van der Waals surface area contributed by atoms with Gasteiger partial charge < -0.3 is 14.4 Å². The number of carbonyl (C=O) groups is 1. The van der Waals surface area contributed by atoms with Gasteiger partial charge in [0.2, 0.25) is 5.91 Å². The summed E-state index contributed by atoms with van der Waals surface area (Å²) < 4.78 is 11.1. The molecule has 0 fully saturated rings. The number of methoxy groups -OCH3 is 1. The van der Waals surface area contributed by atoms with Gasteiger partial charge in [-0.1, -0.05) is 32.9 Å². The van der Waals surface area contributed by atoms with Crippen LogP contribution < -0.4 is 9.47 Å². The van der Waals surface area contributed by atoms with Gasteiger partial charge in [0.05, 0.1) is 19.3 Å². The van der Waals surface area contributed by atoms with Crippen molar-refractivity contribution in [3.8, 4) is 11.5 Å². The smallest absolute Gasteiger partial charge is 0.223 e. The zero-order valence-corrected chi connectivity index (χ0v) is 17.7. The van der Waals surface area contributed by atoms with Gasteiger partial charge in [-0.2, -0.15) is 0 Å². The molecule has 5 nitrogen and oxygen atoms in total. The van der Waals surface area contributed by atoms with Crippen molar-refractivity contribution in [1.29, 1.82) is 0 Å². The molecule has 2 rings (SSSR count). The van der Waals surface area contributed by atoms with Crippen LogP contribution in [0.2, 0.25) is 0 Å². The van der Waals surface area contributed by atoms with Crippen LogP contribution in [0.5, 0.6) is 11.5 Å². The van der Waals surface area contributed by atoms with E-state index in [1.165, 1.54) is 0 Å². The molecule has 0 N–H and O–H groups in total. The first-order valence-electron chi connectivity index (χ1n) is 9.43. The van der Waals surface area contributed by atoms with Gasteiger partial charge in [-0.15, -0.1) is 11.3 Å². The fourth-order valence-corrected chi connectivity index (χ4v) is 3.41. The number of ether oxygens (including phenoxy) is 2. The lowest BCUT2D eigenvalue weighted by Gasteiger charge is -2.28. The van der Waals surface area contributed by atoms with E-state index in [-0.39, 0.29) is 11.9 Å². The molecule has 1 aromatic heterocycles. The number of rotatable bonds is 10. The molecule has 0 aliphatic carbocycles. The molecule has 1 heterocycles. The Labute approximate surface area is 166 Å². The topological polar surface area (TPSA) is 51.7 Å². The standard InChI is InChI=1S/C21H30N2O3S/c1-6-16(4)23(21(24)11-15(2)3)12-17-14-27-20(22-17)13-26-19-10-8-7-9-18(19)25-5/h7-10,14-16H,6,11-13H2,1-5H3/t16-/m1/s1. The Morgan fingerprint density at radius 1 is 1.22 bits per heavy atom. The second-order valence-corrected chi connectivity index (χ2v) is 7.99. The van der Waals surface area contributed by atoms with Crippen LogP contribution in [0.25, 0.3) is 0 Å². The van der Waals surface area contributed by atoms with Crippen LogP contribution in [0, 0.1) is 5.92 Å². The molecule has 0 unspecified atom stereocenters. The number of benzene rings is 1. The first-order valence-corrected chi connectivity index (χ1v) is 10.3. The number of nitrogens with zero attached hydrogens (tertiary/aromatic N) is 2. The van der Waals surface area contributed by atoms with E-state index in [2.05, 4.69) is 32.7 Å². The predicted molar refractivity (Wildman–Crippen MR) is 109 cm³/mol. The molecular weight excluding hydrogens is 360 g/mol. The van der Waals surface area contributed by atoms with Crippen molar-refractivity contribution in [2.45, 2.75) is 59.7 Å². The Morgan fingerprint density at radius 3 is 2.56 bits per heavy atom. The minimum atomic E-state index is 0.194. The predicted octanol–water partition coefficient (Wildman–Crippen LogP) is 4.90. The summed E-state index contributed by atoms with van der Waals surface area (Å²) in [7, 11) is 1.63. The first-order chi connectivity index (χ1) is 12.9. The van der Waals surface area contributed by atoms with Crippen LogP contribution in [-0.2, 0) is 17.9 Å². The van der Waals surface area contributed by atoms with Gasteiger partial charge in [0, 0.05) is 17.8 Å². The molecule has 0 radical (unpaired) electrons. The second-order valence-electron chi connectivity index (χ2n) is 7.05. The Bertz CT molecular complexity index is 730. The zero-order chi connectivity index (χ0) is 19.8. The molecular formula is C21H30N2O3S. The van der Waals surface area contributed by atoms with Gasteiger partial charge in [-0.3, -0.25) is 4.79 Å². The lowest BCUT2D eigenvalue weighted by Crippen LogP contribution is -2.38. The average molecular weight is 391 g/mol. The maximum Gasteiger partial charge on any atom is 0.223 e. The molecule has 2 aromatic rings. The first kappa shape index (κ1) is 21.2. The van der Waals surface area contributed by atoms with E-state index in [1.807, 2.05) is 34.5 Å².